The van der Waals surface area contributed by atoms with Gasteiger partial charge < -0.3 is 4.79 Å². The van der Waals surface area contributed by atoms with E-state index in [9.17, 15) is 4.79 Å². The van der Waals surface area contributed by atoms with Crippen molar-refractivity contribution in [2.75, 3.05) is 0 Å². The van der Waals surface area contributed by atoms with Crippen LogP contribution in [0.3, 0.4) is 0 Å². The maximum absolute atomic E-state index is 11.1. The van der Waals surface area contributed by atoms with Crippen LogP contribution in [0.15, 0.2) is 0 Å². The van der Waals surface area contributed by atoms with Crippen LogP contribution in [0.2, 0.25) is 0 Å². The quantitative estimate of drug-likeness (QED) is 0.613. The smallest absolute Gasteiger partial charge is 0.130 e. The van der Waals surface area contributed by atoms with Gasteiger partial charge in [0.15, 0.2) is 0 Å². The van der Waals surface area contributed by atoms with Gasteiger partial charge in [0.1, 0.15) is 5.78 Å². The highest BCUT2D eigenvalue weighted by Gasteiger charge is 2.25. The van der Waals surface area contributed by atoms with E-state index < -0.39 is 0 Å². The molecule has 0 N–H and O–H groups in total. The molecule has 0 aliphatic rings. The lowest BCUT2D eigenvalue weighted by molar-refractivity contribution is -0.119. The summed E-state index contributed by atoms with van der Waals surface area (Å²) in [5, 5.41) is 0. The van der Waals surface area contributed by atoms with E-state index in [0.29, 0.717) is 5.78 Å². The number of carbonyl (C=O) groups excluding carboxylic acids is 1. The summed E-state index contributed by atoms with van der Waals surface area (Å²) in [6, 6.07) is 0. The van der Waals surface area contributed by atoms with Crippen molar-refractivity contribution < 1.29 is 4.79 Å². The van der Waals surface area contributed by atoms with Crippen LogP contribution in [-0.2, 0) is 4.79 Å². The zero-order chi connectivity index (χ0) is 10.5. The van der Waals surface area contributed by atoms with Gasteiger partial charge in [-0.2, -0.15) is 0 Å². The van der Waals surface area contributed by atoms with Crippen LogP contribution in [0, 0.1) is 11.3 Å². The molecule has 0 radical (unpaired) electrons. The second kappa shape index (κ2) is 5.41. The van der Waals surface area contributed by atoms with Crippen molar-refractivity contribution in [3.63, 3.8) is 0 Å². The lowest BCUT2D eigenvalue weighted by atomic mass is 9.75. The Kier molecular flexibility index (Phi) is 5.27. The van der Waals surface area contributed by atoms with Gasteiger partial charge in [0, 0.05) is 6.42 Å². The molecule has 0 rings (SSSR count). The highest BCUT2D eigenvalue weighted by atomic mass is 16.1. The zero-order valence-corrected chi connectivity index (χ0v) is 9.81. The molecule has 13 heavy (non-hydrogen) atoms. The second-order valence-corrected chi connectivity index (χ2v) is 4.76. The van der Waals surface area contributed by atoms with Gasteiger partial charge in [0.05, 0.1) is 0 Å². The number of Topliss-reactive ketones (excluding diaryl/α,β-unsaturated/α-hetero) is 1. The predicted molar refractivity (Wildman–Crippen MR) is 57.8 cm³/mol. The third-order valence-corrected chi connectivity index (χ3v) is 3.07. The average Bonchev–Trinajstić information content (AvgIpc) is 2.02. The summed E-state index contributed by atoms with van der Waals surface area (Å²) in [7, 11) is 0. The Balaban J connectivity index is 4.18. The predicted octanol–water partition coefficient (Wildman–Crippen LogP) is 3.82. The molecule has 2 atom stereocenters. The van der Waals surface area contributed by atoms with Gasteiger partial charge in [-0.15, -0.1) is 0 Å². The third kappa shape index (κ3) is 5.07. The summed E-state index contributed by atoms with van der Waals surface area (Å²) in [6.07, 6.45) is 4.25. The molecule has 0 aromatic heterocycles. The lowest BCUT2D eigenvalue weighted by Crippen LogP contribution is -2.21. The van der Waals surface area contributed by atoms with Crippen molar-refractivity contribution in [1.29, 1.82) is 0 Å². The Labute approximate surface area is 82.9 Å². The topological polar surface area (TPSA) is 17.1 Å². The van der Waals surface area contributed by atoms with Crippen LogP contribution in [0.25, 0.3) is 0 Å². The van der Waals surface area contributed by atoms with Crippen LogP contribution < -0.4 is 0 Å². The van der Waals surface area contributed by atoms with Crippen molar-refractivity contribution >= 4 is 5.78 Å². The largest absolute Gasteiger partial charge is 0.300 e. The molecule has 0 amide bonds. The number of ketones is 1. The first-order valence-electron chi connectivity index (χ1n) is 5.43. The highest BCUT2D eigenvalue weighted by Crippen LogP contribution is 2.34. The van der Waals surface area contributed by atoms with E-state index in [2.05, 4.69) is 27.7 Å². The van der Waals surface area contributed by atoms with Crippen LogP contribution >= 0.6 is 0 Å². The molecule has 0 heterocycles. The minimum absolute atomic E-state index is 0.237. The Hall–Kier alpha value is -0.330. The zero-order valence-electron chi connectivity index (χ0n) is 9.81. The van der Waals surface area contributed by atoms with E-state index in [-0.39, 0.29) is 5.41 Å². The molecule has 2 unspecified atom stereocenters. The molecule has 1 heteroatoms. The summed E-state index contributed by atoms with van der Waals surface area (Å²) in [5.41, 5.74) is 0.237. The SMILES string of the molecule is CCC(C)CC(C)(CC)CC(C)=O. The van der Waals surface area contributed by atoms with E-state index in [1.807, 2.05) is 0 Å². The Bertz CT molecular complexity index is 163. The lowest BCUT2D eigenvalue weighted by Gasteiger charge is -2.29. The highest BCUT2D eigenvalue weighted by molar-refractivity contribution is 5.76. The van der Waals surface area contributed by atoms with Gasteiger partial charge in [-0.1, -0.05) is 40.5 Å². The van der Waals surface area contributed by atoms with Gasteiger partial charge in [-0.25, -0.2) is 0 Å². The summed E-state index contributed by atoms with van der Waals surface area (Å²) in [5.74, 6) is 1.07. The van der Waals surface area contributed by atoms with Crippen LogP contribution in [0.4, 0.5) is 0 Å². The summed E-state index contributed by atoms with van der Waals surface area (Å²) in [6.45, 7) is 10.6. The Morgan fingerprint density at radius 3 is 2.23 bits per heavy atom. The molecule has 0 fully saturated rings. The number of carbonyl (C=O) groups is 1. The monoisotopic (exact) mass is 184 g/mol. The molecule has 0 bridgehead atoms. The fraction of sp³-hybridized carbons (Fsp3) is 0.917. The van der Waals surface area contributed by atoms with Crippen molar-refractivity contribution in [2.24, 2.45) is 11.3 Å². The molecule has 0 aromatic rings. The first-order valence-corrected chi connectivity index (χ1v) is 5.43. The normalized spacial score (nSPS) is 17.9. The Morgan fingerprint density at radius 1 is 1.38 bits per heavy atom. The fourth-order valence-corrected chi connectivity index (χ4v) is 1.93. The van der Waals surface area contributed by atoms with Crippen LogP contribution in [0.1, 0.15) is 60.3 Å². The van der Waals surface area contributed by atoms with Gasteiger partial charge in [0.2, 0.25) is 0 Å². The number of rotatable bonds is 6. The number of hydrogen-bond acceptors (Lipinski definition) is 1. The van der Waals surface area contributed by atoms with Crippen molar-refractivity contribution in [1.82, 2.24) is 0 Å². The average molecular weight is 184 g/mol. The summed E-state index contributed by atoms with van der Waals surface area (Å²) < 4.78 is 0. The molecule has 0 saturated carbocycles. The van der Waals surface area contributed by atoms with E-state index in [1.54, 1.807) is 6.92 Å². The fourth-order valence-electron chi connectivity index (χ4n) is 1.93. The molecular formula is C12H24O. The molecule has 0 aliphatic carbocycles. The molecular weight excluding hydrogens is 160 g/mol. The maximum Gasteiger partial charge on any atom is 0.130 e. The second-order valence-electron chi connectivity index (χ2n) is 4.76. The van der Waals surface area contributed by atoms with Gasteiger partial charge in [0.25, 0.3) is 0 Å². The van der Waals surface area contributed by atoms with E-state index in [1.165, 1.54) is 12.8 Å². The van der Waals surface area contributed by atoms with E-state index in [4.69, 9.17) is 0 Å². The molecule has 0 aromatic carbocycles. The van der Waals surface area contributed by atoms with Crippen LogP contribution in [-0.4, -0.2) is 5.78 Å². The first-order chi connectivity index (χ1) is 5.93. The van der Waals surface area contributed by atoms with Crippen molar-refractivity contribution in [3.8, 4) is 0 Å². The minimum Gasteiger partial charge on any atom is -0.300 e. The molecule has 1 nitrogen and oxygen atoms in total. The molecule has 78 valence electrons. The van der Waals surface area contributed by atoms with Crippen molar-refractivity contribution in [2.45, 2.75) is 60.3 Å². The standard InChI is InChI=1S/C12H24O/c1-6-10(3)8-12(5,7-2)9-11(4)13/h10H,6-9H2,1-5H3. The summed E-state index contributed by atoms with van der Waals surface area (Å²) >= 11 is 0. The van der Waals surface area contributed by atoms with Gasteiger partial charge >= 0.3 is 0 Å². The molecule has 0 spiro atoms. The van der Waals surface area contributed by atoms with Gasteiger partial charge in [-0.3, -0.25) is 0 Å². The minimum atomic E-state index is 0.237. The maximum atomic E-state index is 11.1. The number of hydrogen-bond donors (Lipinski definition) is 0. The molecule has 0 saturated heterocycles. The summed E-state index contributed by atoms with van der Waals surface area (Å²) in [4.78, 5) is 11.1. The van der Waals surface area contributed by atoms with E-state index >= 15 is 0 Å². The Morgan fingerprint density at radius 2 is 1.92 bits per heavy atom. The third-order valence-electron chi connectivity index (χ3n) is 3.07. The van der Waals surface area contributed by atoms with E-state index in [0.717, 1.165) is 18.8 Å². The van der Waals surface area contributed by atoms with Crippen molar-refractivity contribution in [3.05, 3.63) is 0 Å². The van der Waals surface area contributed by atoms with Gasteiger partial charge in [-0.05, 0) is 24.7 Å². The first kappa shape index (κ1) is 12.7. The molecule has 0 aliphatic heterocycles. The van der Waals surface area contributed by atoms with Crippen LogP contribution in [0.5, 0.6) is 0 Å².